The molecular weight excluding hydrogens is 390 g/mol. The minimum absolute atomic E-state index is 0.118. The van der Waals surface area contributed by atoms with E-state index in [0.29, 0.717) is 28.9 Å². The van der Waals surface area contributed by atoms with Crippen LogP contribution >= 0.6 is 0 Å². The first-order valence-electron chi connectivity index (χ1n) is 10.6. The molecule has 1 saturated heterocycles. The van der Waals surface area contributed by atoms with Crippen molar-refractivity contribution in [2.75, 3.05) is 20.2 Å². The molecule has 2 N–H and O–H groups in total. The van der Waals surface area contributed by atoms with Crippen molar-refractivity contribution in [3.8, 4) is 34.0 Å². The van der Waals surface area contributed by atoms with Gasteiger partial charge < -0.3 is 15.2 Å². The van der Waals surface area contributed by atoms with Gasteiger partial charge in [-0.2, -0.15) is 0 Å². The van der Waals surface area contributed by atoms with E-state index in [0.717, 1.165) is 54.5 Å². The maximum atomic E-state index is 10.6. The van der Waals surface area contributed by atoms with Crippen LogP contribution in [0.3, 0.4) is 0 Å². The topological polar surface area (TPSA) is 93.1 Å². The Morgan fingerprint density at radius 3 is 2.52 bits per heavy atom. The summed E-state index contributed by atoms with van der Waals surface area (Å²) in [5.41, 5.74) is 3.85. The quantitative estimate of drug-likeness (QED) is 0.658. The van der Waals surface area contributed by atoms with E-state index in [9.17, 15) is 5.11 Å². The Labute approximate surface area is 181 Å². The van der Waals surface area contributed by atoms with Crippen LogP contribution in [0.2, 0.25) is 0 Å². The molecule has 3 atom stereocenters. The summed E-state index contributed by atoms with van der Waals surface area (Å²) in [6.45, 7) is 6.47. The van der Waals surface area contributed by atoms with Gasteiger partial charge in [0.05, 0.1) is 13.3 Å². The third-order valence-corrected chi connectivity index (χ3v) is 6.55. The van der Waals surface area contributed by atoms with E-state index in [1.54, 1.807) is 25.6 Å². The van der Waals surface area contributed by atoms with Gasteiger partial charge in [0.2, 0.25) is 5.88 Å². The van der Waals surface area contributed by atoms with Crippen molar-refractivity contribution >= 4 is 5.57 Å². The van der Waals surface area contributed by atoms with Gasteiger partial charge >= 0.3 is 0 Å². The second kappa shape index (κ2) is 8.07. The molecule has 0 spiro atoms. The second-order valence-electron chi connectivity index (χ2n) is 8.36. The monoisotopic (exact) mass is 415 g/mol. The number of phenols is 1. The Kier molecular flexibility index (Phi) is 5.11. The van der Waals surface area contributed by atoms with Gasteiger partial charge in [0.1, 0.15) is 11.4 Å². The molecule has 0 radical (unpaired) electrons. The zero-order chi connectivity index (χ0) is 21.4. The van der Waals surface area contributed by atoms with Gasteiger partial charge in [-0.1, -0.05) is 12.6 Å². The summed E-state index contributed by atoms with van der Waals surface area (Å²) in [5.74, 6) is 3.15. The van der Waals surface area contributed by atoms with E-state index in [2.05, 4.69) is 32.1 Å². The first-order valence-corrected chi connectivity index (χ1v) is 10.6. The number of aromatic hydroxyl groups is 1. The van der Waals surface area contributed by atoms with Gasteiger partial charge in [-0.05, 0) is 78.6 Å². The number of nitrogens with one attached hydrogen (secondary N) is 1. The van der Waals surface area contributed by atoms with E-state index in [-0.39, 0.29) is 5.75 Å². The smallest absolute Gasteiger partial charge is 0.213 e. The van der Waals surface area contributed by atoms with Crippen LogP contribution < -0.4 is 10.1 Å². The van der Waals surface area contributed by atoms with Gasteiger partial charge in [0.25, 0.3) is 0 Å². The van der Waals surface area contributed by atoms with Crippen LogP contribution in [0.1, 0.15) is 18.7 Å². The van der Waals surface area contributed by atoms with Crippen LogP contribution in [0.5, 0.6) is 11.6 Å². The highest BCUT2D eigenvalue weighted by molar-refractivity contribution is 5.74. The molecule has 2 fully saturated rings. The number of benzene rings is 1. The first-order chi connectivity index (χ1) is 15.1. The van der Waals surface area contributed by atoms with E-state index in [1.165, 1.54) is 0 Å². The highest BCUT2D eigenvalue weighted by Gasteiger charge is 2.38. The minimum Gasteiger partial charge on any atom is -0.507 e. The van der Waals surface area contributed by atoms with Gasteiger partial charge in [-0.25, -0.2) is 9.97 Å². The van der Waals surface area contributed by atoms with Crippen LogP contribution in [0, 0.1) is 17.8 Å². The standard InChI is InChI=1S/C24H25N5O2/c1-14(17-7-18-11-25-12-19(18)8-17)24-27-13-21(28-29-24)20-4-3-15(9-22(20)30)16-5-6-26-23(10-16)31-2/h3-6,9-10,13,17-19,25,30H,1,7-8,11-12H2,2H3/t17-,18+,19-. The number of methoxy groups -OCH3 is 1. The summed E-state index contributed by atoms with van der Waals surface area (Å²) in [7, 11) is 1.58. The molecule has 7 nitrogen and oxygen atoms in total. The molecule has 1 aliphatic carbocycles. The predicted octanol–water partition coefficient (Wildman–Crippen LogP) is 3.57. The van der Waals surface area contributed by atoms with E-state index in [4.69, 9.17) is 4.74 Å². The van der Waals surface area contributed by atoms with E-state index in [1.807, 2.05) is 24.3 Å². The number of aromatic nitrogens is 4. The fourth-order valence-electron chi connectivity index (χ4n) is 4.81. The van der Waals surface area contributed by atoms with Crippen molar-refractivity contribution in [1.82, 2.24) is 25.5 Å². The lowest BCUT2D eigenvalue weighted by atomic mass is 9.96. The number of rotatable bonds is 5. The molecule has 3 aromatic rings. The van der Waals surface area contributed by atoms with Crippen LogP contribution in [0.15, 0.2) is 49.3 Å². The van der Waals surface area contributed by atoms with Gasteiger partial charge in [0.15, 0.2) is 5.82 Å². The van der Waals surface area contributed by atoms with Gasteiger partial charge in [-0.15, -0.1) is 10.2 Å². The summed E-state index contributed by atoms with van der Waals surface area (Å²) >= 11 is 0. The molecule has 2 aromatic heterocycles. The third-order valence-electron chi connectivity index (χ3n) is 6.55. The van der Waals surface area contributed by atoms with Crippen molar-refractivity contribution in [2.45, 2.75) is 12.8 Å². The predicted molar refractivity (Wildman–Crippen MR) is 118 cm³/mol. The zero-order valence-corrected chi connectivity index (χ0v) is 17.5. The maximum absolute atomic E-state index is 10.6. The molecule has 3 heterocycles. The fraction of sp³-hybridized carbons (Fsp3) is 0.333. The van der Waals surface area contributed by atoms with Crippen molar-refractivity contribution < 1.29 is 9.84 Å². The van der Waals surface area contributed by atoms with Gasteiger partial charge in [-0.3, -0.25) is 0 Å². The minimum atomic E-state index is 0.118. The van der Waals surface area contributed by atoms with Crippen LogP contribution in [-0.4, -0.2) is 45.5 Å². The normalized spacial score (nSPS) is 22.3. The molecule has 0 amide bonds. The lowest BCUT2D eigenvalue weighted by Crippen LogP contribution is -2.13. The summed E-state index contributed by atoms with van der Waals surface area (Å²) in [6.07, 6.45) is 5.62. The number of pyridine rings is 1. The summed E-state index contributed by atoms with van der Waals surface area (Å²) < 4.78 is 5.18. The van der Waals surface area contributed by atoms with Gasteiger partial charge in [0, 0.05) is 17.8 Å². The summed E-state index contributed by atoms with van der Waals surface area (Å²) in [6, 6.07) is 9.13. The average Bonchev–Trinajstić information content (AvgIpc) is 3.41. The van der Waals surface area contributed by atoms with Crippen molar-refractivity contribution in [3.63, 3.8) is 0 Å². The highest BCUT2D eigenvalue weighted by atomic mass is 16.5. The lowest BCUT2D eigenvalue weighted by Gasteiger charge is -2.13. The molecule has 1 saturated carbocycles. The molecule has 158 valence electrons. The Bertz CT molecular complexity index is 1100. The Morgan fingerprint density at radius 1 is 1.06 bits per heavy atom. The number of hydrogen-bond donors (Lipinski definition) is 2. The second-order valence-corrected chi connectivity index (χ2v) is 8.36. The molecule has 31 heavy (non-hydrogen) atoms. The molecule has 0 unspecified atom stereocenters. The number of nitrogens with zero attached hydrogens (tertiary/aromatic N) is 4. The first kappa shape index (κ1) is 19.6. The Balaban J connectivity index is 1.34. The fourth-order valence-corrected chi connectivity index (χ4v) is 4.81. The SMILES string of the molecule is C=C(c1ncc(-c2ccc(-c3ccnc(OC)c3)cc2O)nn1)[C@@H]1C[C@H]2CNC[C@H]2C1. The van der Waals surface area contributed by atoms with Crippen molar-refractivity contribution in [3.05, 3.63) is 55.1 Å². The zero-order valence-electron chi connectivity index (χ0n) is 17.5. The number of allylic oxidation sites excluding steroid dienone is 1. The van der Waals surface area contributed by atoms with Crippen LogP contribution in [0.25, 0.3) is 28.0 Å². The Hall–Kier alpha value is -3.32. The molecule has 1 aliphatic heterocycles. The van der Waals surface area contributed by atoms with Crippen molar-refractivity contribution in [2.24, 2.45) is 17.8 Å². The van der Waals surface area contributed by atoms with Crippen LogP contribution in [-0.2, 0) is 0 Å². The number of ether oxygens (including phenoxy) is 1. The summed E-state index contributed by atoms with van der Waals surface area (Å²) in [4.78, 5) is 8.63. The number of fused-ring (bicyclic) bond motifs is 1. The molecule has 5 rings (SSSR count). The molecule has 0 bridgehead atoms. The molecule has 2 aliphatic rings. The number of hydrogen-bond acceptors (Lipinski definition) is 7. The van der Waals surface area contributed by atoms with Crippen LogP contribution in [0.4, 0.5) is 0 Å². The average molecular weight is 415 g/mol. The maximum Gasteiger partial charge on any atom is 0.213 e. The Morgan fingerprint density at radius 2 is 1.84 bits per heavy atom. The number of phenolic OH excluding ortho intramolecular Hbond substituents is 1. The molecule has 1 aromatic carbocycles. The molecule has 7 heteroatoms. The molecular formula is C24H25N5O2. The summed E-state index contributed by atoms with van der Waals surface area (Å²) in [5, 5.41) is 22.7. The van der Waals surface area contributed by atoms with Crippen molar-refractivity contribution in [1.29, 1.82) is 0 Å². The van der Waals surface area contributed by atoms with E-state index < -0.39 is 0 Å². The largest absolute Gasteiger partial charge is 0.507 e. The third kappa shape index (κ3) is 3.77. The lowest BCUT2D eigenvalue weighted by molar-refractivity contribution is 0.398. The highest BCUT2D eigenvalue weighted by Crippen LogP contribution is 2.43. The van der Waals surface area contributed by atoms with E-state index >= 15 is 0 Å².